The highest BCUT2D eigenvalue weighted by atomic mass is 80.0. The number of fused-ring (bicyclic) bond motifs is 1. The summed E-state index contributed by atoms with van der Waals surface area (Å²) in [4.78, 5) is 0. The van der Waals surface area contributed by atoms with Crippen molar-refractivity contribution in [1.82, 2.24) is 0 Å². The van der Waals surface area contributed by atoms with Crippen LogP contribution in [0.25, 0.3) is 0 Å². The fourth-order valence-corrected chi connectivity index (χ4v) is 2.98. The summed E-state index contributed by atoms with van der Waals surface area (Å²) < 4.78 is -0.604. The number of hydrogen-bond donors (Lipinski definition) is 1. The van der Waals surface area contributed by atoms with E-state index in [0.29, 0.717) is 6.42 Å². The van der Waals surface area contributed by atoms with E-state index < -0.39 is 7.74 Å². The summed E-state index contributed by atoms with van der Waals surface area (Å²) in [5.41, 5.74) is 1.79. The third kappa shape index (κ3) is 2.33. The van der Waals surface area contributed by atoms with Gasteiger partial charge >= 0.3 is 0 Å². The van der Waals surface area contributed by atoms with Gasteiger partial charge in [0.2, 0.25) is 0 Å². The van der Waals surface area contributed by atoms with Gasteiger partial charge in [-0.3, -0.25) is 0 Å². The lowest BCUT2D eigenvalue weighted by Gasteiger charge is -2.39. The molecule has 1 aromatic carbocycles. The molecule has 2 rings (SSSR count). The Labute approximate surface area is 115 Å². The number of aliphatic hydroxyl groups is 1. The molecule has 1 aliphatic carbocycles. The molecule has 0 aliphatic heterocycles. The van der Waals surface area contributed by atoms with E-state index in [1.54, 1.807) is 0 Å². The van der Waals surface area contributed by atoms with Crippen molar-refractivity contribution in [2.45, 2.75) is 27.0 Å². The maximum absolute atomic E-state index is 10.5. The first-order valence-corrected chi connectivity index (χ1v) is 7.16. The van der Waals surface area contributed by atoms with Crippen LogP contribution in [0.1, 0.15) is 17.5 Å². The molecule has 0 radical (unpaired) electrons. The van der Waals surface area contributed by atoms with Gasteiger partial charge in [-0.05, 0) is 24.0 Å². The summed E-state index contributed by atoms with van der Waals surface area (Å²) in [7, 11) is 0. The lowest BCUT2D eigenvalue weighted by atomic mass is 9.82. The fourth-order valence-electron chi connectivity index (χ4n) is 1.96. The Bertz CT molecular complexity index is 372. The third-order valence-corrected chi connectivity index (χ3v) is 5.15. The zero-order chi connectivity index (χ0) is 11.1. The second-order valence-corrected chi connectivity index (χ2v) is 10.7. The van der Waals surface area contributed by atoms with Gasteiger partial charge in [0.25, 0.3) is 0 Å². The second kappa shape index (κ2) is 4.13. The average molecular weight is 399 g/mol. The van der Waals surface area contributed by atoms with E-state index in [0.717, 1.165) is 12.8 Å². The van der Waals surface area contributed by atoms with Crippen LogP contribution in [-0.2, 0) is 12.8 Å². The van der Waals surface area contributed by atoms with E-state index in [1.807, 2.05) is 12.1 Å². The number of hydrogen-bond acceptors (Lipinski definition) is 1. The average Bonchev–Trinajstić information content (AvgIpc) is 2.16. The Morgan fingerprint density at radius 3 is 2.33 bits per heavy atom. The molecule has 82 valence electrons. The Hall–Kier alpha value is 0.620. The smallest absolute Gasteiger partial charge is 0.163 e. The largest absolute Gasteiger partial charge is 0.386 e. The SMILES string of the molecule is OC1(C(Br)(Br)Br)CCc2ccccc2C1. The number of alkyl halides is 3. The van der Waals surface area contributed by atoms with E-state index in [9.17, 15) is 5.11 Å². The topological polar surface area (TPSA) is 20.2 Å². The first kappa shape index (κ1) is 12.1. The van der Waals surface area contributed by atoms with Crippen LogP contribution >= 0.6 is 47.8 Å². The summed E-state index contributed by atoms with van der Waals surface area (Å²) in [5.74, 6) is 0. The maximum Gasteiger partial charge on any atom is 0.163 e. The van der Waals surface area contributed by atoms with Crippen LogP contribution in [0.3, 0.4) is 0 Å². The van der Waals surface area contributed by atoms with Crippen LogP contribution in [0.5, 0.6) is 0 Å². The number of aryl methyl sites for hydroxylation is 1. The van der Waals surface area contributed by atoms with Crippen LogP contribution in [0.4, 0.5) is 0 Å². The van der Waals surface area contributed by atoms with Crippen molar-refractivity contribution >= 4 is 47.8 Å². The normalized spacial score (nSPS) is 26.1. The van der Waals surface area contributed by atoms with E-state index in [1.165, 1.54) is 11.1 Å². The van der Waals surface area contributed by atoms with Gasteiger partial charge in [0.15, 0.2) is 2.14 Å². The van der Waals surface area contributed by atoms with Crippen molar-refractivity contribution in [3.05, 3.63) is 35.4 Å². The van der Waals surface area contributed by atoms with Crippen LogP contribution < -0.4 is 0 Å². The summed E-state index contributed by atoms with van der Waals surface area (Å²) >= 11 is 10.3. The van der Waals surface area contributed by atoms with Crippen LogP contribution in [0, 0.1) is 0 Å². The molecule has 0 heterocycles. The molecule has 1 unspecified atom stereocenters. The minimum absolute atomic E-state index is 0.604. The molecule has 1 aliphatic rings. The van der Waals surface area contributed by atoms with Gasteiger partial charge in [-0.1, -0.05) is 72.1 Å². The van der Waals surface area contributed by atoms with Crippen molar-refractivity contribution in [3.8, 4) is 0 Å². The summed E-state index contributed by atoms with van der Waals surface area (Å²) in [6, 6.07) is 8.28. The monoisotopic (exact) mass is 396 g/mol. The van der Waals surface area contributed by atoms with Crippen molar-refractivity contribution in [2.75, 3.05) is 0 Å². The Balaban J connectivity index is 2.33. The molecule has 0 spiro atoms. The van der Waals surface area contributed by atoms with E-state index in [-0.39, 0.29) is 0 Å². The molecule has 0 saturated carbocycles. The lowest BCUT2D eigenvalue weighted by molar-refractivity contribution is 0.0403. The van der Waals surface area contributed by atoms with Gasteiger partial charge in [0.05, 0.1) is 0 Å². The molecule has 1 nitrogen and oxygen atoms in total. The fraction of sp³-hybridized carbons (Fsp3) is 0.455. The molecule has 0 saturated heterocycles. The van der Waals surface area contributed by atoms with E-state index in [2.05, 4.69) is 59.9 Å². The van der Waals surface area contributed by atoms with Gasteiger partial charge in [0.1, 0.15) is 5.60 Å². The predicted molar refractivity (Wildman–Crippen MR) is 72.9 cm³/mol. The summed E-state index contributed by atoms with van der Waals surface area (Å²) in [6.45, 7) is 0. The molecular weight excluding hydrogens is 388 g/mol. The van der Waals surface area contributed by atoms with E-state index in [4.69, 9.17) is 0 Å². The van der Waals surface area contributed by atoms with Gasteiger partial charge < -0.3 is 5.11 Å². The van der Waals surface area contributed by atoms with Crippen molar-refractivity contribution in [2.24, 2.45) is 0 Å². The van der Waals surface area contributed by atoms with Gasteiger partial charge in [-0.25, -0.2) is 0 Å². The van der Waals surface area contributed by atoms with Crippen LogP contribution in [-0.4, -0.2) is 12.9 Å². The zero-order valence-electron chi connectivity index (χ0n) is 8.01. The molecule has 0 bridgehead atoms. The second-order valence-electron chi connectivity index (χ2n) is 3.97. The maximum atomic E-state index is 10.5. The highest BCUT2D eigenvalue weighted by Crippen LogP contribution is 2.49. The first-order valence-electron chi connectivity index (χ1n) is 4.78. The van der Waals surface area contributed by atoms with Gasteiger partial charge in [-0.2, -0.15) is 0 Å². The number of rotatable bonds is 0. The summed E-state index contributed by atoms with van der Waals surface area (Å²) in [6.07, 6.45) is 2.31. The molecule has 0 fully saturated rings. The minimum Gasteiger partial charge on any atom is -0.386 e. The molecule has 1 N–H and O–H groups in total. The number of halogens is 3. The molecular formula is C11H11Br3O. The van der Waals surface area contributed by atoms with Crippen molar-refractivity contribution in [1.29, 1.82) is 0 Å². The van der Waals surface area contributed by atoms with Gasteiger partial charge in [0, 0.05) is 6.42 Å². The van der Waals surface area contributed by atoms with Crippen LogP contribution in [0.2, 0.25) is 0 Å². The molecule has 1 aromatic rings. The standard InChI is InChI=1S/C11H11Br3O/c12-11(13,14)10(15)6-5-8-3-1-2-4-9(8)7-10/h1-4,15H,5-7H2. The van der Waals surface area contributed by atoms with Gasteiger partial charge in [-0.15, -0.1) is 0 Å². The lowest BCUT2D eigenvalue weighted by Crippen LogP contribution is -2.46. The van der Waals surface area contributed by atoms with E-state index >= 15 is 0 Å². The predicted octanol–water partition coefficient (Wildman–Crippen LogP) is 3.74. The molecule has 15 heavy (non-hydrogen) atoms. The zero-order valence-corrected chi connectivity index (χ0v) is 12.8. The quantitative estimate of drug-likeness (QED) is 0.660. The van der Waals surface area contributed by atoms with Crippen molar-refractivity contribution < 1.29 is 5.11 Å². The highest BCUT2D eigenvalue weighted by Gasteiger charge is 2.46. The highest BCUT2D eigenvalue weighted by molar-refractivity contribution is 9.39. The van der Waals surface area contributed by atoms with Crippen LogP contribution in [0.15, 0.2) is 24.3 Å². The Kier molecular flexibility index (Phi) is 3.33. The molecule has 0 aromatic heterocycles. The molecule has 4 heteroatoms. The Morgan fingerprint density at radius 2 is 1.73 bits per heavy atom. The minimum atomic E-state index is -0.790. The Morgan fingerprint density at radius 1 is 1.13 bits per heavy atom. The number of benzene rings is 1. The van der Waals surface area contributed by atoms with Crippen molar-refractivity contribution in [3.63, 3.8) is 0 Å². The molecule has 0 amide bonds. The summed E-state index contributed by atoms with van der Waals surface area (Å²) in [5, 5.41) is 10.5. The third-order valence-electron chi connectivity index (χ3n) is 2.94. The first-order chi connectivity index (χ1) is 6.92. The molecule has 1 atom stereocenters.